The van der Waals surface area contributed by atoms with E-state index in [2.05, 4.69) is 17.2 Å². The summed E-state index contributed by atoms with van der Waals surface area (Å²) in [6, 6.07) is 16.0. The zero-order chi connectivity index (χ0) is 19.0. The fourth-order valence-corrected chi connectivity index (χ4v) is 4.00. The van der Waals surface area contributed by atoms with E-state index in [1.165, 1.54) is 5.56 Å². The Morgan fingerprint density at radius 2 is 2.00 bits per heavy atom. The van der Waals surface area contributed by atoms with Crippen LogP contribution in [-0.4, -0.2) is 33.2 Å². The summed E-state index contributed by atoms with van der Waals surface area (Å²) in [7, 11) is 1.86. The van der Waals surface area contributed by atoms with E-state index in [4.69, 9.17) is 17.3 Å². The van der Waals surface area contributed by atoms with E-state index in [-0.39, 0.29) is 11.9 Å². The van der Waals surface area contributed by atoms with Crippen LogP contribution in [0.25, 0.3) is 11.3 Å². The second-order valence-electron chi connectivity index (χ2n) is 6.85. The average Bonchev–Trinajstić information content (AvgIpc) is 3.19. The van der Waals surface area contributed by atoms with Crippen LogP contribution in [0.15, 0.2) is 54.7 Å². The predicted molar refractivity (Wildman–Crippen MR) is 107 cm³/mol. The first-order chi connectivity index (χ1) is 13.1. The summed E-state index contributed by atoms with van der Waals surface area (Å²) in [5.74, 6) is 0.0408. The fourth-order valence-electron chi connectivity index (χ4n) is 3.73. The Balaban J connectivity index is 1.61. The van der Waals surface area contributed by atoms with E-state index >= 15 is 0 Å². The molecule has 5 nitrogen and oxygen atoms in total. The summed E-state index contributed by atoms with van der Waals surface area (Å²) < 4.78 is 1.75. The second kappa shape index (κ2) is 7.18. The highest BCUT2D eigenvalue weighted by Gasteiger charge is 2.32. The van der Waals surface area contributed by atoms with Crippen LogP contribution in [-0.2, 0) is 20.0 Å². The highest BCUT2D eigenvalue weighted by Crippen LogP contribution is 2.32. The topological polar surface area (TPSA) is 64.2 Å². The van der Waals surface area contributed by atoms with Crippen molar-refractivity contribution in [3.63, 3.8) is 0 Å². The van der Waals surface area contributed by atoms with Gasteiger partial charge in [-0.25, -0.2) is 0 Å². The van der Waals surface area contributed by atoms with Crippen LogP contribution < -0.4 is 5.73 Å². The van der Waals surface area contributed by atoms with Gasteiger partial charge in [-0.1, -0.05) is 48.0 Å². The molecule has 0 unspecified atom stereocenters. The average molecular weight is 381 g/mol. The van der Waals surface area contributed by atoms with E-state index in [1.807, 2.05) is 48.3 Å². The Morgan fingerprint density at radius 3 is 2.67 bits per heavy atom. The summed E-state index contributed by atoms with van der Waals surface area (Å²) in [5.41, 5.74) is 10.8. The molecule has 1 aromatic heterocycles. The number of fused-ring (bicyclic) bond motifs is 1. The number of rotatable bonds is 5. The van der Waals surface area contributed by atoms with Crippen molar-refractivity contribution in [3.05, 3.63) is 76.4 Å². The molecule has 1 amide bonds. The number of hydrogen-bond acceptors (Lipinski definition) is 3. The normalized spacial score (nSPS) is 14.5. The first-order valence-electron chi connectivity index (χ1n) is 8.94. The van der Waals surface area contributed by atoms with Gasteiger partial charge in [0.25, 0.3) is 5.91 Å². The molecule has 4 rings (SSSR count). The number of hydrogen-bond donors (Lipinski definition) is 1. The van der Waals surface area contributed by atoms with Gasteiger partial charge in [-0.15, -0.1) is 0 Å². The second-order valence-corrected chi connectivity index (χ2v) is 7.26. The molecule has 1 atom stereocenters. The summed E-state index contributed by atoms with van der Waals surface area (Å²) in [6.07, 6.45) is 2.38. The molecule has 27 heavy (non-hydrogen) atoms. The Bertz CT molecular complexity index is 964. The number of halogens is 1. The van der Waals surface area contributed by atoms with Gasteiger partial charge in [0.05, 0.1) is 16.9 Å². The van der Waals surface area contributed by atoms with Crippen molar-refractivity contribution in [2.75, 3.05) is 6.54 Å². The predicted octanol–water partition coefficient (Wildman–Crippen LogP) is 3.27. The molecule has 0 radical (unpaired) electrons. The highest BCUT2D eigenvalue weighted by atomic mass is 35.5. The molecule has 1 aliphatic heterocycles. The molecule has 0 fully saturated rings. The zero-order valence-corrected chi connectivity index (χ0v) is 15.9. The lowest BCUT2D eigenvalue weighted by atomic mass is 10.0. The lowest BCUT2D eigenvalue weighted by molar-refractivity contribution is 0.0708. The van der Waals surface area contributed by atoms with Crippen LogP contribution in [0.1, 0.15) is 21.5 Å². The van der Waals surface area contributed by atoms with Gasteiger partial charge in [0.2, 0.25) is 0 Å². The van der Waals surface area contributed by atoms with E-state index < -0.39 is 0 Å². The number of nitrogens with zero attached hydrogens (tertiary/aromatic N) is 3. The van der Waals surface area contributed by atoms with Crippen molar-refractivity contribution in [1.29, 1.82) is 0 Å². The molecular formula is C21H21ClN4O. The number of carbonyl (C=O) groups is 1. The van der Waals surface area contributed by atoms with Crippen LogP contribution in [0.4, 0.5) is 0 Å². The van der Waals surface area contributed by atoms with E-state index in [1.54, 1.807) is 10.9 Å². The van der Waals surface area contributed by atoms with Gasteiger partial charge in [-0.05, 0) is 29.7 Å². The quantitative estimate of drug-likeness (QED) is 0.738. The number of nitrogens with two attached hydrogens (primary N) is 1. The molecule has 2 N–H and O–H groups in total. The molecule has 6 heteroatoms. The molecule has 0 bridgehead atoms. The monoisotopic (exact) mass is 380 g/mol. The number of amides is 1. The largest absolute Gasteiger partial charge is 0.330 e. The summed E-state index contributed by atoms with van der Waals surface area (Å²) in [4.78, 5) is 14.8. The van der Waals surface area contributed by atoms with Gasteiger partial charge >= 0.3 is 0 Å². The number of aromatic nitrogens is 2. The van der Waals surface area contributed by atoms with Crippen LogP contribution >= 0.6 is 11.6 Å². The molecule has 0 saturated carbocycles. The van der Waals surface area contributed by atoms with Crippen LogP contribution in [0, 0.1) is 0 Å². The minimum Gasteiger partial charge on any atom is -0.330 e. The standard InChI is InChI=1S/C21H21ClN4O/c1-25-20(19(22)12-24-25)15-7-8-18-16(10-15)13-26(21(18)27)17(11-23)9-14-5-3-2-4-6-14/h2-8,10,12,17H,9,11,13,23H2,1H3/t17-/m0/s1. The number of aryl methyl sites for hydroxylation is 1. The van der Waals surface area contributed by atoms with Crippen molar-refractivity contribution in [3.8, 4) is 11.3 Å². The van der Waals surface area contributed by atoms with Crippen LogP contribution in [0.3, 0.4) is 0 Å². The summed E-state index contributed by atoms with van der Waals surface area (Å²) in [5, 5.41) is 4.79. The maximum atomic E-state index is 12.9. The third-order valence-corrected chi connectivity index (χ3v) is 5.41. The fraction of sp³-hybridized carbons (Fsp3) is 0.238. The van der Waals surface area contributed by atoms with Gasteiger partial charge in [0.1, 0.15) is 0 Å². The Hall–Kier alpha value is -2.63. The molecule has 0 spiro atoms. The Kier molecular flexibility index (Phi) is 4.72. The minimum atomic E-state index is -0.0314. The molecule has 0 saturated heterocycles. The van der Waals surface area contributed by atoms with Crippen molar-refractivity contribution in [2.45, 2.75) is 19.0 Å². The summed E-state index contributed by atoms with van der Waals surface area (Å²) in [6.45, 7) is 0.987. The highest BCUT2D eigenvalue weighted by molar-refractivity contribution is 6.33. The van der Waals surface area contributed by atoms with Crippen LogP contribution in [0.5, 0.6) is 0 Å². The maximum absolute atomic E-state index is 12.9. The smallest absolute Gasteiger partial charge is 0.254 e. The van der Waals surface area contributed by atoms with Gasteiger partial charge in [0.15, 0.2) is 0 Å². The van der Waals surface area contributed by atoms with Gasteiger partial charge in [-0.2, -0.15) is 5.10 Å². The van der Waals surface area contributed by atoms with Crippen molar-refractivity contribution in [1.82, 2.24) is 14.7 Å². The molecule has 3 aromatic rings. The Labute approximate surface area is 163 Å². The van der Waals surface area contributed by atoms with Crippen molar-refractivity contribution >= 4 is 17.5 Å². The van der Waals surface area contributed by atoms with Crippen molar-refractivity contribution < 1.29 is 4.79 Å². The van der Waals surface area contributed by atoms with Gasteiger partial charge < -0.3 is 10.6 Å². The van der Waals surface area contributed by atoms with Gasteiger partial charge in [0, 0.05) is 37.3 Å². The van der Waals surface area contributed by atoms with E-state index in [9.17, 15) is 4.79 Å². The Morgan fingerprint density at radius 1 is 1.22 bits per heavy atom. The molecular weight excluding hydrogens is 360 g/mol. The SMILES string of the molecule is Cn1ncc(Cl)c1-c1ccc2c(c1)CN([C@H](CN)Cc1ccccc1)C2=O. The zero-order valence-electron chi connectivity index (χ0n) is 15.1. The minimum absolute atomic E-state index is 0.0314. The molecule has 2 heterocycles. The van der Waals surface area contributed by atoms with Gasteiger partial charge in [-0.3, -0.25) is 9.48 Å². The summed E-state index contributed by atoms with van der Waals surface area (Å²) >= 11 is 6.27. The number of benzene rings is 2. The third-order valence-electron chi connectivity index (χ3n) is 5.13. The number of carbonyl (C=O) groups excluding carboxylic acids is 1. The molecule has 2 aromatic carbocycles. The first kappa shape index (κ1) is 17.8. The lowest BCUT2D eigenvalue weighted by Crippen LogP contribution is -2.42. The molecule has 1 aliphatic rings. The first-order valence-corrected chi connectivity index (χ1v) is 9.32. The molecule has 0 aliphatic carbocycles. The van der Waals surface area contributed by atoms with E-state index in [0.29, 0.717) is 18.1 Å². The lowest BCUT2D eigenvalue weighted by Gasteiger charge is -2.26. The maximum Gasteiger partial charge on any atom is 0.254 e. The van der Waals surface area contributed by atoms with Crippen molar-refractivity contribution in [2.24, 2.45) is 12.8 Å². The van der Waals surface area contributed by atoms with Crippen LogP contribution in [0.2, 0.25) is 5.02 Å². The third kappa shape index (κ3) is 3.24. The molecule has 138 valence electrons. The van der Waals surface area contributed by atoms with E-state index in [0.717, 1.165) is 28.8 Å².